The highest BCUT2D eigenvalue weighted by molar-refractivity contribution is 6.08. The van der Waals surface area contributed by atoms with Crippen LogP contribution in [0.15, 0.2) is 34.1 Å². The van der Waals surface area contributed by atoms with Crippen molar-refractivity contribution in [3.05, 3.63) is 35.5 Å². The van der Waals surface area contributed by atoms with E-state index in [0.717, 1.165) is 25.7 Å². The minimum Gasteiger partial charge on any atom is -0.503 e. The third-order valence-corrected chi connectivity index (χ3v) is 4.40. The van der Waals surface area contributed by atoms with Crippen molar-refractivity contribution in [3.8, 4) is 0 Å². The zero-order valence-corrected chi connectivity index (χ0v) is 12.0. The molecule has 0 saturated heterocycles. The quantitative estimate of drug-likeness (QED) is 0.925. The van der Waals surface area contributed by atoms with Crippen molar-refractivity contribution in [1.82, 2.24) is 4.90 Å². The number of carbonyl (C=O) groups excluding carboxylic acids is 2. The van der Waals surface area contributed by atoms with Crippen LogP contribution in [0.5, 0.6) is 0 Å². The number of nitrogens with zero attached hydrogens (tertiary/aromatic N) is 1. The second-order valence-electron chi connectivity index (χ2n) is 5.61. The zero-order chi connectivity index (χ0) is 15.0. The summed E-state index contributed by atoms with van der Waals surface area (Å²) < 4.78 is 5.44. The maximum atomic E-state index is 12.5. The Morgan fingerprint density at radius 2 is 2.14 bits per heavy atom. The van der Waals surface area contributed by atoms with Crippen molar-refractivity contribution in [1.29, 1.82) is 0 Å². The summed E-state index contributed by atoms with van der Waals surface area (Å²) in [4.78, 5) is 26.3. The van der Waals surface area contributed by atoms with Crippen molar-refractivity contribution in [2.24, 2.45) is 0 Å². The van der Waals surface area contributed by atoms with Gasteiger partial charge in [-0.15, -0.1) is 0 Å². The van der Waals surface area contributed by atoms with Crippen LogP contribution in [0.4, 0.5) is 0 Å². The molecule has 0 bridgehead atoms. The summed E-state index contributed by atoms with van der Waals surface area (Å²) in [6.07, 6.45) is 5.72. The van der Waals surface area contributed by atoms with E-state index in [1.54, 1.807) is 24.0 Å². The number of hydrogen-bond donors (Lipinski definition) is 1. The monoisotopic (exact) mass is 289 g/mol. The molecule has 1 unspecified atom stereocenters. The Morgan fingerprint density at radius 1 is 1.43 bits per heavy atom. The van der Waals surface area contributed by atoms with E-state index in [2.05, 4.69) is 0 Å². The standard InChI is InChI=1S/C16H19NO4/c1-2-11(18)13-14(12-8-5-9-21-12)17(16(20)15(13)19)10-6-3-4-7-10/h5,8-10,14,19H,2-4,6-7H2,1H3. The van der Waals surface area contributed by atoms with Gasteiger partial charge < -0.3 is 14.4 Å². The normalized spacial score (nSPS) is 23.4. The van der Waals surface area contributed by atoms with Crippen LogP contribution in [0.1, 0.15) is 50.8 Å². The van der Waals surface area contributed by atoms with Gasteiger partial charge in [-0.1, -0.05) is 19.8 Å². The molecule has 112 valence electrons. The fourth-order valence-electron chi connectivity index (χ4n) is 3.38. The first-order valence-corrected chi connectivity index (χ1v) is 7.47. The average Bonchev–Trinajstić information content (AvgIpc) is 3.20. The predicted octanol–water partition coefficient (Wildman–Crippen LogP) is 2.90. The molecule has 3 rings (SSSR count). The van der Waals surface area contributed by atoms with Crippen LogP contribution in [0, 0.1) is 0 Å². The molecule has 5 nitrogen and oxygen atoms in total. The number of amides is 1. The van der Waals surface area contributed by atoms with Gasteiger partial charge in [-0.25, -0.2) is 0 Å². The van der Waals surface area contributed by atoms with Crippen LogP contribution in [-0.2, 0) is 9.59 Å². The molecule has 1 atom stereocenters. The number of rotatable bonds is 4. The molecule has 2 aliphatic rings. The zero-order valence-electron chi connectivity index (χ0n) is 12.0. The molecule has 1 saturated carbocycles. The Bertz CT molecular complexity index is 581. The molecular formula is C16H19NO4. The van der Waals surface area contributed by atoms with Crippen LogP contribution in [0.3, 0.4) is 0 Å². The Labute approximate surface area is 123 Å². The van der Waals surface area contributed by atoms with Crippen LogP contribution in [0.25, 0.3) is 0 Å². The molecule has 1 amide bonds. The lowest BCUT2D eigenvalue weighted by molar-refractivity contribution is -0.132. The fraction of sp³-hybridized carbons (Fsp3) is 0.500. The van der Waals surface area contributed by atoms with Crippen molar-refractivity contribution in [2.45, 2.75) is 51.1 Å². The summed E-state index contributed by atoms with van der Waals surface area (Å²) >= 11 is 0. The molecule has 1 aromatic heterocycles. The van der Waals surface area contributed by atoms with Crippen LogP contribution >= 0.6 is 0 Å². The highest BCUT2D eigenvalue weighted by Gasteiger charge is 2.47. The maximum Gasteiger partial charge on any atom is 0.290 e. The summed E-state index contributed by atoms with van der Waals surface area (Å²) in [5.41, 5.74) is 0.185. The number of aliphatic hydroxyl groups is 1. The smallest absolute Gasteiger partial charge is 0.290 e. The van der Waals surface area contributed by atoms with E-state index in [-0.39, 0.29) is 23.8 Å². The van der Waals surface area contributed by atoms with Gasteiger partial charge >= 0.3 is 0 Å². The summed E-state index contributed by atoms with van der Waals surface area (Å²) in [5, 5.41) is 10.2. The van der Waals surface area contributed by atoms with Gasteiger partial charge in [0.1, 0.15) is 11.8 Å². The molecule has 0 aromatic carbocycles. The van der Waals surface area contributed by atoms with Gasteiger partial charge in [0, 0.05) is 12.5 Å². The number of Topliss-reactive ketones (excluding diaryl/α,β-unsaturated/α-hetero) is 1. The number of furan rings is 1. The summed E-state index contributed by atoms with van der Waals surface area (Å²) in [6, 6.07) is 2.97. The Kier molecular flexibility index (Phi) is 3.57. The third kappa shape index (κ3) is 2.17. The summed E-state index contributed by atoms with van der Waals surface area (Å²) in [6.45, 7) is 1.73. The molecule has 1 fully saturated rings. The number of carbonyl (C=O) groups is 2. The van der Waals surface area contributed by atoms with Crippen LogP contribution in [0.2, 0.25) is 0 Å². The topological polar surface area (TPSA) is 70.8 Å². The van der Waals surface area contributed by atoms with Gasteiger partial charge in [-0.05, 0) is 25.0 Å². The molecule has 2 heterocycles. The van der Waals surface area contributed by atoms with E-state index in [0.29, 0.717) is 5.76 Å². The van der Waals surface area contributed by atoms with Gasteiger partial charge in [0.05, 0.1) is 11.8 Å². The minimum absolute atomic E-state index is 0.0666. The Morgan fingerprint density at radius 3 is 2.71 bits per heavy atom. The molecule has 1 N–H and O–H groups in total. The Balaban J connectivity index is 2.05. The second kappa shape index (κ2) is 5.39. The van der Waals surface area contributed by atoms with E-state index in [4.69, 9.17) is 4.42 Å². The van der Waals surface area contributed by atoms with Crippen LogP contribution < -0.4 is 0 Å². The van der Waals surface area contributed by atoms with E-state index in [9.17, 15) is 14.7 Å². The summed E-state index contributed by atoms with van der Waals surface area (Å²) in [5.74, 6) is -0.519. The first-order chi connectivity index (χ1) is 10.1. The lowest BCUT2D eigenvalue weighted by Crippen LogP contribution is -2.38. The van der Waals surface area contributed by atoms with Crippen molar-refractivity contribution >= 4 is 11.7 Å². The predicted molar refractivity (Wildman–Crippen MR) is 75.5 cm³/mol. The third-order valence-electron chi connectivity index (χ3n) is 4.40. The number of ketones is 1. The second-order valence-corrected chi connectivity index (χ2v) is 5.61. The molecular weight excluding hydrogens is 270 g/mol. The minimum atomic E-state index is -0.581. The molecule has 0 spiro atoms. The summed E-state index contributed by atoms with van der Waals surface area (Å²) in [7, 11) is 0. The molecule has 5 heteroatoms. The number of aliphatic hydroxyl groups excluding tert-OH is 1. The first-order valence-electron chi connectivity index (χ1n) is 7.47. The number of hydrogen-bond acceptors (Lipinski definition) is 4. The largest absolute Gasteiger partial charge is 0.503 e. The van der Waals surface area contributed by atoms with E-state index in [1.807, 2.05) is 0 Å². The van der Waals surface area contributed by atoms with Crippen LogP contribution in [-0.4, -0.2) is 27.7 Å². The maximum absolute atomic E-state index is 12.5. The molecule has 21 heavy (non-hydrogen) atoms. The highest BCUT2D eigenvalue weighted by atomic mass is 16.3. The highest BCUT2D eigenvalue weighted by Crippen LogP contribution is 2.42. The van der Waals surface area contributed by atoms with Crippen molar-refractivity contribution in [2.75, 3.05) is 0 Å². The molecule has 0 radical (unpaired) electrons. The van der Waals surface area contributed by atoms with E-state index < -0.39 is 17.7 Å². The SMILES string of the molecule is CCC(=O)C1=C(O)C(=O)N(C2CCCC2)C1c1ccco1. The van der Waals surface area contributed by atoms with E-state index in [1.165, 1.54) is 6.26 Å². The molecule has 1 aliphatic heterocycles. The van der Waals surface area contributed by atoms with E-state index >= 15 is 0 Å². The first kappa shape index (κ1) is 13.9. The van der Waals surface area contributed by atoms with Crippen molar-refractivity contribution < 1.29 is 19.1 Å². The lowest BCUT2D eigenvalue weighted by atomic mass is 9.99. The van der Waals surface area contributed by atoms with Crippen molar-refractivity contribution in [3.63, 3.8) is 0 Å². The molecule has 1 aliphatic carbocycles. The van der Waals surface area contributed by atoms with Gasteiger partial charge in [0.15, 0.2) is 11.5 Å². The van der Waals surface area contributed by atoms with Gasteiger partial charge in [0.25, 0.3) is 5.91 Å². The average molecular weight is 289 g/mol. The lowest BCUT2D eigenvalue weighted by Gasteiger charge is -2.30. The molecule has 1 aromatic rings. The fourth-order valence-corrected chi connectivity index (χ4v) is 3.38. The van der Waals surface area contributed by atoms with Gasteiger partial charge in [-0.3, -0.25) is 9.59 Å². The van der Waals surface area contributed by atoms with Gasteiger partial charge in [0.2, 0.25) is 0 Å². The van der Waals surface area contributed by atoms with Gasteiger partial charge in [-0.2, -0.15) is 0 Å². The Hall–Kier alpha value is -2.04.